The molecule has 0 radical (unpaired) electrons. The van der Waals surface area contributed by atoms with Crippen molar-refractivity contribution < 1.29 is 19.2 Å². The lowest BCUT2D eigenvalue weighted by atomic mass is 10.2. The lowest BCUT2D eigenvalue weighted by Gasteiger charge is -2.10. The number of nitro benzene ring substituents is 1. The summed E-state index contributed by atoms with van der Waals surface area (Å²) in [5.41, 5.74) is 0.317. The Hall–Kier alpha value is -2.74. The van der Waals surface area contributed by atoms with Crippen LogP contribution in [0.25, 0.3) is 0 Å². The summed E-state index contributed by atoms with van der Waals surface area (Å²) in [4.78, 5) is 23.4. The van der Waals surface area contributed by atoms with E-state index in [9.17, 15) is 14.9 Å². The minimum Gasteiger partial charge on any atom is -0.497 e. The Bertz CT molecular complexity index is 749. The van der Waals surface area contributed by atoms with Crippen LogP contribution in [0.1, 0.15) is 6.42 Å². The molecule has 0 aliphatic carbocycles. The fourth-order valence-electron chi connectivity index (χ4n) is 2.04. The number of non-ortho nitro benzene ring substituents is 1. The first kappa shape index (κ1) is 18.6. The number of nitro groups is 1. The van der Waals surface area contributed by atoms with Crippen molar-refractivity contribution in [2.24, 2.45) is 0 Å². The van der Waals surface area contributed by atoms with Gasteiger partial charge in [0.05, 0.1) is 30.9 Å². The number of nitrogens with one attached hydrogen (secondary N) is 1. The maximum absolute atomic E-state index is 12.1. The third-order valence-corrected chi connectivity index (χ3v) is 4.34. The second-order valence-electron chi connectivity index (χ2n) is 4.96. The van der Waals surface area contributed by atoms with E-state index in [1.54, 1.807) is 18.9 Å². The van der Waals surface area contributed by atoms with Crippen LogP contribution in [-0.2, 0) is 4.79 Å². The standard InChI is InChI=1S/C17H18N2O5S/c1-23-13-4-6-14(7-5-13)25-10-9-17(20)18-15-8-3-12(19(21)22)11-16(15)24-2/h3-8,11H,9-10H2,1-2H3,(H,18,20). The molecular formula is C17H18N2O5S. The highest BCUT2D eigenvalue weighted by atomic mass is 32.2. The number of amides is 1. The number of nitrogens with zero attached hydrogens (tertiary/aromatic N) is 1. The van der Waals surface area contributed by atoms with Gasteiger partial charge < -0.3 is 14.8 Å². The second-order valence-corrected chi connectivity index (χ2v) is 6.13. The minimum atomic E-state index is -0.514. The van der Waals surface area contributed by atoms with E-state index >= 15 is 0 Å². The Morgan fingerprint density at radius 2 is 1.88 bits per heavy atom. The summed E-state index contributed by atoms with van der Waals surface area (Å²) < 4.78 is 10.2. The Morgan fingerprint density at radius 3 is 2.48 bits per heavy atom. The van der Waals surface area contributed by atoms with Crippen LogP contribution in [0.15, 0.2) is 47.4 Å². The average molecular weight is 362 g/mol. The molecule has 1 N–H and O–H groups in total. The normalized spacial score (nSPS) is 10.2. The average Bonchev–Trinajstić information content (AvgIpc) is 2.62. The minimum absolute atomic E-state index is 0.0927. The van der Waals surface area contributed by atoms with Gasteiger partial charge in [-0.3, -0.25) is 14.9 Å². The molecular weight excluding hydrogens is 344 g/mol. The predicted molar refractivity (Wildman–Crippen MR) is 96.6 cm³/mol. The van der Waals surface area contributed by atoms with Gasteiger partial charge in [-0.2, -0.15) is 0 Å². The van der Waals surface area contributed by atoms with Crippen LogP contribution in [0.2, 0.25) is 0 Å². The monoisotopic (exact) mass is 362 g/mol. The summed E-state index contributed by atoms with van der Waals surface area (Å²) in [7, 11) is 3.01. The molecule has 25 heavy (non-hydrogen) atoms. The number of methoxy groups -OCH3 is 2. The Kier molecular flexibility index (Phi) is 6.64. The molecule has 1 amide bonds. The second kappa shape index (κ2) is 8.93. The largest absolute Gasteiger partial charge is 0.497 e. The first-order valence-corrected chi connectivity index (χ1v) is 8.41. The van der Waals surface area contributed by atoms with Crippen molar-refractivity contribution >= 4 is 29.0 Å². The smallest absolute Gasteiger partial charge is 0.273 e. The highest BCUT2D eigenvalue weighted by molar-refractivity contribution is 7.99. The molecule has 0 saturated carbocycles. The van der Waals surface area contributed by atoms with Gasteiger partial charge in [-0.05, 0) is 30.3 Å². The summed E-state index contributed by atoms with van der Waals surface area (Å²) in [6.07, 6.45) is 0.302. The molecule has 2 aromatic rings. The lowest BCUT2D eigenvalue weighted by molar-refractivity contribution is -0.384. The zero-order valence-corrected chi connectivity index (χ0v) is 14.7. The summed E-state index contributed by atoms with van der Waals surface area (Å²) in [6.45, 7) is 0. The number of carbonyl (C=O) groups excluding carboxylic acids is 1. The molecule has 2 rings (SSSR count). The van der Waals surface area contributed by atoms with Gasteiger partial charge in [0, 0.05) is 23.1 Å². The van der Waals surface area contributed by atoms with Gasteiger partial charge in [-0.25, -0.2) is 0 Å². The number of hydrogen-bond acceptors (Lipinski definition) is 6. The molecule has 0 spiro atoms. The first-order chi connectivity index (χ1) is 12.0. The van der Waals surface area contributed by atoms with E-state index < -0.39 is 4.92 Å². The van der Waals surface area contributed by atoms with Gasteiger partial charge in [0.25, 0.3) is 5.69 Å². The van der Waals surface area contributed by atoms with Crippen LogP contribution in [0.5, 0.6) is 11.5 Å². The van der Waals surface area contributed by atoms with Crippen molar-refractivity contribution in [1.82, 2.24) is 0 Å². The van der Waals surface area contributed by atoms with E-state index in [4.69, 9.17) is 9.47 Å². The van der Waals surface area contributed by atoms with Crippen LogP contribution < -0.4 is 14.8 Å². The zero-order valence-electron chi connectivity index (χ0n) is 13.9. The van der Waals surface area contributed by atoms with Crippen molar-refractivity contribution in [3.63, 3.8) is 0 Å². The molecule has 0 unspecified atom stereocenters. The quantitative estimate of drug-likeness (QED) is 0.437. The van der Waals surface area contributed by atoms with E-state index in [1.807, 2.05) is 24.3 Å². The Morgan fingerprint density at radius 1 is 1.16 bits per heavy atom. The summed E-state index contributed by atoms with van der Waals surface area (Å²) in [5.74, 6) is 1.46. The SMILES string of the molecule is COc1ccc(SCCC(=O)Nc2ccc([N+](=O)[O-])cc2OC)cc1. The van der Waals surface area contributed by atoms with E-state index in [-0.39, 0.29) is 17.3 Å². The molecule has 0 atom stereocenters. The summed E-state index contributed by atoms with van der Waals surface area (Å²) >= 11 is 1.56. The van der Waals surface area contributed by atoms with Gasteiger partial charge >= 0.3 is 0 Å². The van der Waals surface area contributed by atoms with Crippen molar-refractivity contribution in [2.45, 2.75) is 11.3 Å². The highest BCUT2D eigenvalue weighted by Gasteiger charge is 2.13. The summed E-state index contributed by atoms with van der Waals surface area (Å²) in [6, 6.07) is 11.7. The van der Waals surface area contributed by atoms with Crippen LogP contribution in [0, 0.1) is 10.1 Å². The molecule has 132 valence electrons. The number of rotatable bonds is 8. The van der Waals surface area contributed by atoms with Gasteiger partial charge in [0.2, 0.25) is 5.91 Å². The maximum Gasteiger partial charge on any atom is 0.273 e. The zero-order chi connectivity index (χ0) is 18.2. The van der Waals surface area contributed by atoms with Crippen molar-refractivity contribution in [3.05, 3.63) is 52.6 Å². The molecule has 8 heteroatoms. The van der Waals surface area contributed by atoms with Crippen molar-refractivity contribution in [2.75, 3.05) is 25.3 Å². The highest BCUT2D eigenvalue weighted by Crippen LogP contribution is 2.29. The Labute approximate surface area is 149 Å². The molecule has 0 fully saturated rings. The lowest BCUT2D eigenvalue weighted by Crippen LogP contribution is -2.13. The van der Waals surface area contributed by atoms with Crippen LogP contribution in [0.4, 0.5) is 11.4 Å². The number of hydrogen-bond donors (Lipinski definition) is 1. The molecule has 2 aromatic carbocycles. The van der Waals surface area contributed by atoms with E-state index in [2.05, 4.69) is 5.32 Å². The molecule has 0 saturated heterocycles. The maximum atomic E-state index is 12.1. The molecule has 0 aromatic heterocycles. The molecule has 0 heterocycles. The first-order valence-electron chi connectivity index (χ1n) is 7.42. The van der Waals surface area contributed by atoms with Crippen molar-refractivity contribution in [3.8, 4) is 11.5 Å². The number of benzene rings is 2. The Balaban J connectivity index is 1.88. The van der Waals surface area contributed by atoms with Crippen LogP contribution in [-0.4, -0.2) is 30.8 Å². The van der Waals surface area contributed by atoms with E-state index in [1.165, 1.54) is 25.3 Å². The third-order valence-electron chi connectivity index (χ3n) is 3.33. The third kappa shape index (κ3) is 5.39. The van der Waals surface area contributed by atoms with Crippen LogP contribution in [0.3, 0.4) is 0 Å². The van der Waals surface area contributed by atoms with Gasteiger partial charge in [0.15, 0.2) is 0 Å². The molecule has 0 aliphatic rings. The topological polar surface area (TPSA) is 90.7 Å². The number of carbonyl (C=O) groups is 1. The fourth-order valence-corrected chi connectivity index (χ4v) is 2.89. The predicted octanol–water partition coefficient (Wildman–Crippen LogP) is 3.73. The van der Waals surface area contributed by atoms with Gasteiger partial charge in [0.1, 0.15) is 11.5 Å². The van der Waals surface area contributed by atoms with E-state index in [0.717, 1.165) is 10.6 Å². The summed E-state index contributed by atoms with van der Waals surface area (Å²) in [5, 5.41) is 13.5. The fraction of sp³-hybridized carbons (Fsp3) is 0.235. The number of anilines is 1. The molecule has 7 nitrogen and oxygen atoms in total. The van der Waals surface area contributed by atoms with Gasteiger partial charge in [-0.15, -0.1) is 11.8 Å². The van der Waals surface area contributed by atoms with Crippen molar-refractivity contribution in [1.29, 1.82) is 0 Å². The molecule has 0 bridgehead atoms. The van der Waals surface area contributed by atoms with Gasteiger partial charge in [-0.1, -0.05) is 0 Å². The van der Waals surface area contributed by atoms with Crippen LogP contribution >= 0.6 is 11.8 Å². The molecule has 0 aliphatic heterocycles. The van der Waals surface area contributed by atoms with E-state index in [0.29, 0.717) is 17.9 Å². The number of thioether (sulfide) groups is 1. The number of ether oxygens (including phenoxy) is 2.